The van der Waals surface area contributed by atoms with Crippen molar-refractivity contribution in [3.63, 3.8) is 0 Å². The lowest BCUT2D eigenvalue weighted by molar-refractivity contribution is 0.218. The second kappa shape index (κ2) is 11.9. The summed E-state index contributed by atoms with van der Waals surface area (Å²) in [6.45, 7) is 14.3. The third-order valence-corrected chi connectivity index (χ3v) is 4.74. The van der Waals surface area contributed by atoms with Crippen LogP contribution in [0.4, 0.5) is 0 Å². The number of rotatable bonds is 11. The van der Waals surface area contributed by atoms with Crippen LogP contribution in [0, 0.1) is 12.8 Å². The number of hydrogen-bond donors (Lipinski definition) is 0. The Morgan fingerprint density at radius 3 is 2.20 bits per heavy atom. The topological polar surface area (TPSA) is 3.24 Å². The van der Waals surface area contributed by atoms with Crippen LogP contribution >= 0.6 is 0 Å². The van der Waals surface area contributed by atoms with Gasteiger partial charge in [0, 0.05) is 6.54 Å². The SMILES string of the molecule is C=C(/C=C\C=C/C)C(c1ccc(C)cc1)N(C)CC(CCC)CCC. The zero-order valence-electron chi connectivity index (χ0n) is 17.0. The highest BCUT2D eigenvalue weighted by Crippen LogP contribution is 2.29. The molecule has 0 aliphatic heterocycles. The van der Waals surface area contributed by atoms with Gasteiger partial charge in [-0.25, -0.2) is 0 Å². The van der Waals surface area contributed by atoms with Crippen molar-refractivity contribution in [1.29, 1.82) is 0 Å². The Kier molecular flexibility index (Phi) is 10.2. The Labute approximate surface area is 156 Å². The third-order valence-electron chi connectivity index (χ3n) is 4.74. The normalized spacial score (nSPS) is 13.4. The van der Waals surface area contributed by atoms with E-state index in [4.69, 9.17) is 0 Å². The van der Waals surface area contributed by atoms with Gasteiger partial charge in [-0.1, -0.05) is 87.4 Å². The molecule has 1 nitrogen and oxygen atoms in total. The van der Waals surface area contributed by atoms with Gasteiger partial charge in [0.05, 0.1) is 6.04 Å². The average Bonchev–Trinajstić information content (AvgIpc) is 2.57. The first-order valence-electron chi connectivity index (χ1n) is 9.78. The van der Waals surface area contributed by atoms with Crippen LogP contribution < -0.4 is 0 Å². The van der Waals surface area contributed by atoms with Gasteiger partial charge in [-0.05, 0) is 50.8 Å². The van der Waals surface area contributed by atoms with Gasteiger partial charge in [-0.15, -0.1) is 0 Å². The Bertz CT molecular complexity index is 544. The molecule has 0 bridgehead atoms. The Morgan fingerprint density at radius 2 is 1.68 bits per heavy atom. The van der Waals surface area contributed by atoms with E-state index in [0.717, 1.165) is 18.0 Å². The van der Waals surface area contributed by atoms with Crippen molar-refractivity contribution in [2.45, 2.75) is 59.4 Å². The summed E-state index contributed by atoms with van der Waals surface area (Å²) in [6, 6.07) is 9.14. The van der Waals surface area contributed by atoms with E-state index in [9.17, 15) is 0 Å². The first kappa shape index (κ1) is 21.4. The summed E-state index contributed by atoms with van der Waals surface area (Å²) in [7, 11) is 2.25. The average molecular weight is 340 g/mol. The molecule has 0 fully saturated rings. The summed E-state index contributed by atoms with van der Waals surface area (Å²) in [5.41, 5.74) is 3.78. The predicted molar refractivity (Wildman–Crippen MR) is 113 cm³/mol. The molecule has 1 aromatic carbocycles. The molecule has 0 N–H and O–H groups in total. The molecule has 0 heterocycles. The molecular formula is C24H37N. The van der Waals surface area contributed by atoms with Crippen molar-refractivity contribution in [2.24, 2.45) is 5.92 Å². The maximum atomic E-state index is 4.38. The molecule has 1 rings (SSSR count). The van der Waals surface area contributed by atoms with Gasteiger partial charge in [0.25, 0.3) is 0 Å². The van der Waals surface area contributed by atoms with Crippen molar-refractivity contribution in [1.82, 2.24) is 4.90 Å². The summed E-state index contributed by atoms with van der Waals surface area (Å²) >= 11 is 0. The van der Waals surface area contributed by atoms with Crippen molar-refractivity contribution in [2.75, 3.05) is 13.6 Å². The van der Waals surface area contributed by atoms with Crippen molar-refractivity contribution in [3.05, 3.63) is 71.8 Å². The summed E-state index contributed by atoms with van der Waals surface area (Å²) in [6.07, 6.45) is 13.5. The maximum absolute atomic E-state index is 4.38. The second-order valence-electron chi connectivity index (χ2n) is 7.16. The minimum absolute atomic E-state index is 0.235. The molecule has 0 aromatic heterocycles. The highest BCUT2D eigenvalue weighted by atomic mass is 15.1. The molecule has 0 saturated heterocycles. The lowest BCUT2D eigenvalue weighted by atomic mass is 9.93. The van der Waals surface area contributed by atoms with E-state index in [-0.39, 0.29) is 6.04 Å². The lowest BCUT2D eigenvalue weighted by Crippen LogP contribution is -2.31. The summed E-state index contributed by atoms with van der Waals surface area (Å²) in [4.78, 5) is 2.49. The summed E-state index contributed by atoms with van der Waals surface area (Å²) < 4.78 is 0. The Hall–Kier alpha value is -1.60. The minimum Gasteiger partial charge on any atom is -0.295 e. The molecule has 0 radical (unpaired) electrons. The van der Waals surface area contributed by atoms with E-state index in [0.29, 0.717) is 0 Å². The monoisotopic (exact) mass is 339 g/mol. The largest absolute Gasteiger partial charge is 0.295 e. The van der Waals surface area contributed by atoms with Crippen molar-refractivity contribution >= 4 is 0 Å². The molecule has 0 saturated carbocycles. The van der Waals surface area contributed by atoms with Gasteiger partial charge in [0.1, 0.15) is 0 Å². The van der Waals surface area contributed by atoms with Gasteiger partial charge in [0.2, 0.25) is 0 Å². The summed E-state index contributed by atoms with van der Waals surface area (Å²) in [5, 5.41) is 0. The molecule has 0 spiro atoms. The van der Waals surface area contributed by atoms with Crippen molar-refractivity contribution in [3.8, 4) is 0 Å². The van der Waals surface area contributed by atoms with Gasteiger partial charge in [-0.3, -0.25) is 4.90 Å². The van der Waals surface area contributed by atoms with E-state index in [1.807, 2.05) is 13.0 Å². The second-order valence-corrected chi connectivity index (χ2v) is 7.16. The van der Waals surface area contributed by atoms with E-state index < -0.39 is 0 Å². The number of benzene rings is 1. The minimum atomic E-state index is 0.235. The molecule has 1 heteroatoms. The fourth-order valence-electron chi connectivity index (χ4n) is 3.54. The zero-order valence-corrected chi connectivity index (χ0v) is 17.0. The van der Waals surface area contributed by atoms with Gasteiger partial charge < -0.3 is 0 Å². The molecule has 1 atom stereocenters. The highest BCUT2D eigenvalue weighted by molar-refractivity contribution is 5.35. The van der Waals surface area contributed by atoms with Crippen LogP contribution in [0.25, 0.3) is 0 Å². The van der Waals surface area contributed by atoms with Crippen LogP contribution in [0.2, 0.25) is 0 Å². The van der Waals surface area contributed by atoms with E-state index >= 15 is 0 Å². The molecule has 138 valence electrons. The van der Waals surface area contributed by atoms with Crippen LogP contribution in [0.15, 0.2) is 60.7 Å². The highest BCUT2D eigenvalue weighted by Gasteiger charge is 2.21. The number of allylic oxidation sites excluding steroid dienone is 3. The Morgan fingerprint density at radius 1 is 1.08 bits per heavy atom. The van der Waals surface area contributed by atoms with Gasteiger partial charge >= 0.3 is 0 Å². The maximum Gasteiger partial charge on any atom is 0.0593 e. The van der Waals surface area contributed by atoms with Crippen LogP contribution in [-0.2, 0) is 0 Å². The number of aryl methyl sites for hydroxylation is 1. The van der Waals surface area contributed by atoms with Crippen molar-refractivity contribution < 1.29 is 0 Å². The first-order valence-corrected chi connectivity index (χ1v) is 9.78. The lowest BCUT2D eigenvalue weighted by Gasteiger charge is -2.32. The van der Waals surface area contributed by atoms with Crippen LogP contribution in [0.5, 0.6) is 0 Å². The Balaban J connectivity index is 3.03. The fourth-order valence-corrected chi connectivity index (χ4v) is 3.54. The smallest absolute Gasteiger partial charge is 0.0593 e. The molecule has 1 unspecified atom stereocenters. The van der Waals surface area contributed by atoms with E-state index in [1.165, 1.54) is 36.8 Å². The van der Waals surface area contributed by atoms with Gasteiger partial charge in [0.15, 0.2) is 0 Å². The number of likely N-dealkylation sites (N-methyl/N-ethyl adjacent to an activating group) is 1. The summed E-state index contributed by atoms with van der Waals surface area (Å²) in [5.74, 6) is 0.764. The third kappa shape index (κ3) is 7.44. The molecule has 0 aliphatic carbocycles. The number of nitrogens with zero attached hydrogens (tertiary/aromatic N) is 1. The fraction of sp³-hybridized carbons (Fsp3) is 0.500. The molecule has 0 amide bonds. The van der Waals surface area contributed by atoms with E-state index in [1.54, 1.807) is 0 Å². The molecular weight excluding hydrogens is 302 g/mol. The molecule has 0 aliphatic rings. The first-order chi connectivity index (χ1) is 12.0. The number of hydrogen-bond acceptors (Lipinski definition) is 1. The van der Waals surface area contributed by atoms with Gasteiger partial charge in [-0.2, -0.15) is 0 Å². The molecule has 1 aromatic rings. The predicted octanol–water partition coefficient (Wildman–Crippen LogP) is 6.87. The van der Waals surface area contributed by atoms with E-state index in [2.05, 4.69) is 81.8 Å². The standard InChI is InChI=1S/C24H37N/c1-7-10-11-14-21(5)24(23-17-15-20(4)16-18-23)25(6)19-22(12-8-2)13-9-3/h7,10-11,14-18,22,24H,5,8-9,12-13,19H2,1-4,6H3/b10-7-,14-11-. The molecule has 25 heavy (non-hydrogen) atoms. The zero-order chi connectivity index (χ0) is 18.7. The van der Waals surface area contributed by atoms with Crippen LogP contribution in [0.3, 0.4) is 0 Å². The van der Waals surface area contributed by atoms with Crippen LogP contribution in [0.1, 0.15) is 63.6 Å². The van der Waals surface area contributed by atoms with Crippen LogP contribution in [-0.4, -0.2) is 18.5 Å². The quantitative estimate of drug-likeness (QED) is 0.397.